The van der Waals surface area contributed by atoms with Gasteiger partial charge in [-0.25, -0.2) is 4.39 Å². The van der Waals surface area contributed by atoms with Gasteiger partial charge in [0.15, 0.2) is 0 Å². The van der Waals surface area contributed by atoms with Crippen molar-refractivity contribution < 1.29 is 9.50 Å². The number of nitrogens with zero attached hydrogens (tertiary/aromatic N) is 2. The summed E-state index contributed by atoms with van der Waals surface area (Å²) in [4.78, 5) is 0. The van der Waals surface area contributed by atoms with Crippen molar-refractivity contribution in [3.05, 3.63) is 35.4 Å². The van der Waals surface area contributed by atoms with Gasteiger partial charge in [0.1, 0.15) is 11.6 Å². The van der Waals surface area contributed by atoms with Crippen LogP contribution in [0.25, 0.3) is 11.1 Å². The Bertz CT molecular complexity index is 539. The number of rotatable bonds is 3. The van der Waals surface area contributed by atoms with E-state index >= 15 is 0 Å². The number of hydrogen-bond donors (Lipinski definition) is 1. The molecule has 0 unspecified atom stereocenters. The highest BCUT2D eigenvalue weighted by Crippen LogP contribution is 2.33. The second kappa shape index (κ2) is 4.75. The van der Waals surface area contributed by atoms with Gasteiger partial charge >= 0.3 is 0 Å². The molecule has 0 aliphatic rings. The minimum Gasteiger partial charge on any atom is -0.507 e. The zero-order chi connectivity index (χ0) is 12.4. The highest BCUT2D eigenvalue weighted by atomic mass is 35.5. The first kappa shape index (κ1) is 11.9. The molecule has 0 aliphatic carbocycles. The summed E-state index contributed by atoms with van der Waals surface area (Å²) < 4.78 is 14.9. The number of benzene rings is 1. The van der Waals surface area contributed by atoms with Crippen molar-refractivity contribution >= 4 is 11.6 Å². The van der Waals surface area contributed by atoms with Crippen LogP contribution in [0.15, 0.2) is 24.5 Å². The van der Waals surface area contributed by atoms with Gasteiger partial charge in [-0.2, -0.15) is 5.10 Å². The van der Waals surface area contributed by atoms with Crippen LogP contribution in [0.4, 0.5) is 4.39 Å². The minimum absolute atomic E-state index is 0.0129. The number of phenolic OH excluding ortho intramolecular Hbond substituents is 1. The SMILES string of the molecule is CCCn1cc(-c2cc(Cl)c(F)cc2O)cn1. The fourth-order valence-corrected chi connectivity index (χ4v) is 1.79. The number of halogens is 2. The lowest BCUT2D eigenvalue weighted by molar-refractivity contribution is 0.471. The summed E-state index contributed by atoms with van der Waals surface area (Å²) in [5.74, 6) is -0.767. The van der Waals surface area contributed by atoms with E-state index in [9.17, 15) is 9.50 Å². The average molecular weight is 255 g/mol. The predicted octanol–water partition coefficient (Wildman–Crippen LogP) is 3.46. The van der Waals surface area contributed by atoms with Crippen LogP contribution in [-0.2, 0) is 6.54 Å². The Morgan fingerprint density at radius 2 is 2.24 bits per heavy atom. The molecule has 0 atom stereocenters. The Hall–Kier alpha value is -1.55. The summed E-state index contributed by atoms with van der Waals surface area (Å²) in [6, 6.07) is 2.41. The van der Waals surface area contributed by atoms with E-state index in [0.717, 1.165) is 24.6 Å². The Balaban J connectivity index is 2.41. The Morgan fingerprint density at radius 1 is 1.47 bits per heavy atom. The van der Waals surface area contributed by atoms with Crippen LogP contribution >= 0.6 is 11.6 Å². The molecular weight excluding hydrogens is 243 g/mol. The highest BCUT2D eigenvalue weighted by molar-refractivity contribution is 6.31. The molecule has 3 nitrogen and oxygen atoms in total. The number of phenols is 1. The largest absolute Gasteiger partial charge is 0.507 e. The van der Waals surface area contributed by atoms with Crippen LogP contribution in [0.2, 0.25) is 5.02 Å². The fourth-order valence-electron chi connectivity index (χ4n) is 1.62. The average Bonchev–Trinajstić information content (AvgIpc) is 2.72. The molecule has 0 saturated heterocycles. The van der Waals surface area contributed by atoms with Gasteiger partial charge in [-0.15, -0.1) is 0 Å². The topological polar surface area (TPSA) is 38.0 Å². The van der Waals surface area contributed by atoms with E-state index < -0.39 is 5.82 Å². The second-order valence-electron chi connectivity index (χ2n) is 3.78. The Labute approximate surface area is 103 Å². The van der Waals surface area contributed by atoms with Gasteiger partial charge in [0.05, 0.1) is 11.2 Å². The predicted molar refractivity (Wildman–Crippen MR) is 64.6 cm³/mol. The van der Waals surface area contributed by atoms with Gasteiger partial charge in [0.25, 0.3) is 0 Å². The molecule has 1 N–H and O–H groups in total. The third-order valence-electron chi connectivity index (χ3n) is 2.44. The molecule has 0 spiro atoms. The normalized spacial score (nSPS) is 10.8. The first-order valence-corrected chi connectivity index (χ1v) is 5.70. The Kier molecular flexibility index (Phi) is 3.33. The third-order valence-corrected chi connectivity index (χ3v) is 2.73. The summed E-state index contributed by atoms with van der Waals surface area (Å²) in [6.45, 7) is 2.85. The lowest BCUT2D eigenvalue weighted by Crippen LogP contribution is -1.95. The number of aryl methyl sites for hydroxylation is 1. The maximum atomic E-state index is 13.1. The molecule has 5 heteroatoms. The molecule has 2 aromatic rings. The van der Waals surface area contributed by atoms with Crippen LogP contribution in [0.3, 0.4) is 0 Å². The van der Waals surface area contributed by atoms with Crippen molar-refractivity contribution in [1.82, 2.24) is 9.78 Å². The molecule has 2 rings (SSSR count). The number of aromatic nitrogens is 2. The molecular formula is C12H12ClFN2O. The van der Waals surface area contributed by atoms with Crippen LogP contribution in [0, 0.1) is 5.82 Å². The zero-order valence-corrected chi connectivity index (χ0v) is 10.1. The zero-order valence-electron chi connectivity index (χ0n) is 9.32. The van der Waals surface area contributed by atoms with E-state index in [1.54, 1.807) is 17.1 Å². The minimum atomic E-state index is -0.631. The summed E-state index contributed by atoms with van der Waals surface area (Å²) in [7, 11) is 0. The molecule has 0 fully saturated rings. The van der Waals surface area contributed by atoms with E-state index in [2.05, 4.69) is 5.10 Å². The molecule has 0 radical (unpaired) electrons. The third kappa shape index (κ3) is 2.42. The van der Waals surface area contributed by atoms with Gasteiger partial charge < -0.3 is 5.11 Å². The molecule has 1 heterocycles. The van der Waals surface area contributed by atoms with Crippen LogP contribution in [-0.4, -0.2) is 14.9 Å². The maximum absolute atomic E-state index is 13.1. The molecule has 0 bridgehead atoms. The lowest BCUT2D eigenvalue weighted by atomic mass is 10.1. The van der Waals surface area contributed by atoms with Crippen molar-refractivity contribution in [2.24, 2.45) is 0 Å². The molecule has 90 valence electrons. The van der Waals surface area contributed by atoms with E-state index in [-0.39, 0.29) is 10.8 Å². The van der Waals surface area contributed by atoms with E-state index in [1.807, 2.05) is 6.92 Å². The molecule has 1 aromatic carbocycles. The van der Waals surface area contributed by atoms with Crippen molar-refractivity contribution in [3.8, 4) is 16.9 Å². The molecule has 0 aliphatic heterocycles. The smallest absolute Gasteiger partial charge is 0.145 e. The maximum Gasteiger partial charge on any atom is 0.145 e. The van der Waals surface area contributed by atoms with Crippen molar-refractivity contribution in [2.75, 3.05) is 0 Å². The van der Waals surface area contributed by atoms with E-state index in [1.165, 1.54) is 6.07 Å². The Morgan fingerprint density at radius 3 is 2.94 bits per heavy atom. The summed E-state index contributed by atoms with van der Waals surface area (Å²) in [6.07, 6.45) is 4.39. The molecule has 17 heavy (non-hydrogen) atoms. The highest BCUT2D eigenvalue weighted by Gasteiger charge is 2.11. The van der Waals surface area contributed by atoms with Gasteiger partial charge in [0.2, 0.25) is 0 Å². The van der Waals surface area contributed by atoms with Crippen LogP contribution < -0.4 is 0 Å². The van der Waals surface area contributed by atoms with Gasteiger partial charge in [-0.3, -0.25) is 4.68 Å². The van der Waals surface area contributed by atoms with Gasteiger partial charge in [-0.1, -0.05) is 18.5 Å². The van der Waals surface area contributed by atoms with E-state index in [4.69, 9.17) is 11.6 Å². The standard InChI is InChI=1S/C12H12ClFN2O/c1-2-3-16-7-8(6-15-16)9-4-10(13)11(14)5-12(9)17/h4-7,17H,2-3H2,1H3. The molecule has 1 aromatic heterocycles. The van der Waals surface area contributed by atoms with Crippen LogP contribution in [0.1, 0.15) is 13.3 Å². The summed E-state index contributed by atoms with van der Waals surface area (Å²) in [5, 5.41) is 13.8. The molecule has 0 amide bonds. The number of hydrogen-bond acceptors (Lipinski definition) is 2. The second-order valence-corrected chi connectivity index (χ2v) is 4.18. The molecule has 0 saturated carbocycles. The summed E-state index contributed by atoms with van der Waals surface area (Å²) >= 11 is 5.69. The van der Waals surface area contributed by atoms with Gasteiger partial charge in [0, 0.05) is 29.9 Å². The number of aromatic hydroxyl groups is 1. The quantitative estimate of drug-likeness (QED) is 0.911. The van der Waals surface area contributed by atoms with Crippen molar-refractivity contribution in [2.45, 2.75) is 19.9 Å². The van der Waals surface area contributed by atoms with Crippen LogP contribution in [0.5, 0.6) is 5.75 Å². The van der Waals surface area contributed by atoms with E-state index in [0.29, 0.717) is 5.56 Å². The fraction of sp³-hybridized carbons (Fsp3) is 0.250. The summed E-state index contributed by atoms with van der Waals surface area (Å²) in [5.41, 5.74) is 1.21. The van der Waals surface area contributed by atoms with Crippen molar-refractivity contribution in [3.63, 3.8) is 0 Å². The lowest BCUT2D eigenvalue weighted by Gasteiger charge is -2.03. The first-order chi connectivity index (χ1) is 8.11. The monoisotopic (exact) mass is 254 g/mol. The van der Waals surface area contributed by atoms with Crippen molar-refractivity contribution in [1.29, 1.82) is 0 Å². The first-order valence-electron chi connectivity index (χ1n) is 5.32. The van der Waals surface area contributed by atoms with Gasteiger partial charge in [-0.05, 0) is 12.5 Å².